The quantitative estimate of drug-likeness (QED) is 0.644. The number of allylic oxidation sites excluding steroid dienone is 2. The average molecular weight is 285 g/mol. The molecule has 0 radical (unpaired) electrons. The molecule has 1 saturated carbocycles. The van der Waals surface area contributed by atoms with E-state index in [2.05, 4.69) is 28.0 Å². The van der Waals surface area contributed by atoms with Crippen LogP contribution in [-0.4, -0.2) is 25.3 Å². The van der Waals surface area contributed by atoms with Gasteiger partial charge in [0.25, 0.3) is 5.91 Å². The van der Waals surface area contributed by atoms with E-state index < -0.39 is 0 Å². The van der Waals surface area contributed by atoms with Crippen molar-refractivity contribution < 1.29 is 9.53 Å². The Balaban J connectivity index is 1.43. The fourth-order valence-corrected chi connectivity index (χ4v) is 2.73. The molecule has 1 aromatic carbocycles. The lowest BCUT2D eigenvalue weighted by Gasteiger charge is -2.31. The van der Waals surface area contributed by atoms with Gasteiger partial charge in [0.2, 0.25) is 0 Å². The molecule has 0 spiro atoms. The lowest BCUT2D eigenvalue weighted by atomic mass is 9.74. The lowest BCUT2D eigenvalue weighted by molar-refractivity contribution is -0.119. The van der Waals surface area contributed by atoms with Gasteiger partial charge in [-0.05, 0) is 43.0 Å². The number of hydrogen-bond acceptors (Lipinski definition) is 4. The molecule has 2 N–H and O–H groups in total. The molecule has 2 atom stereocenters. The molecular weight excluding hydrogens is 266 g/mol. The van der Waals surface area contributed by atoms with Crippen LogP contribution in [0.25, 0.3) is 0 Å². The number of carbonyl (C=O) groups is 1. The zero-order valence-corrected chi connectivity index (χ0v) is 12.0. The number of nitrogens with zero attached hydrogens (tertiary/aromatic N) is 1. The van der Waals surface area contributed by atoms with Gasteiger partial charge in [-0.3, -0.25) is 4.79 Å². The first-order valence-corrected chi connectivity index (χ1v) is 7.16. The number of methoxy groups -OCH3 is 1. The van der Waals surface area contributed by atoms with E-state index in [1.54, 1.807) is 7.11 Å². The average Bonchev–Trinajstić information content (AvgIpc) is 2.87. The van der Waals surface area contributed by atoms with Gasteiger partial charge in [-0.2, -0.15) is 5.10 Å². The van der Waals surface area contributed by atoms with Crippen LogP contribution in [0.4, 0.5) is 5.69 Å². The lowest BCUT2D eigenvalue weighted by Crippen LogP contribution is -2.36. The van der Waals surface area contributed by atoms with Crippen molar-refractivity contribution in [3.63, 3.8) is 0 Å². The molecule has 5 nitrogen and oxygen atoms in total. The van der Waals surface area contributed by atoms with Gasteiger partial charge in [0, 0.05) is 17.3 Å². The van der Waals surface area contributed by atoms with Crippen LogP contribution in [0.5, 0.6) is 5.75 Å². The maximum absolute atomic E-state index is 11.8. The highest BCUT2D eigenvalue weighted by molar-refractivity contribution is 5.95. The Morgan fingerprint density at radius 3 is 2.90 bits per heavy atom. The molecule has 0 bridgehead atoms. The Bertz CT molecular complexity index is 578. The summed E-state index contributed by atoms with van der Waals surface area (Å²) in [6.45, 7) is 0.204. The minimum atomic E-state index is -0.132. The summed E-state index contributed by atoms with van der Waals surface area (Å²) >= 11 is 0. The molecule has 0 unspecified atom stereocenters. The molecule has 5 heteroatoms. The van der Waals surface area contributed by atoms with E-state index in [1.807, 2.05) is 24.3 Å². The van der Waals surface area contributed by atoms with E-state index in [-0.39, 0.29) is 12.5 Å². The normalized spacial score (nSPS) is 24.3. The highest BCUT2D eigenvalue weighted by atomic mass is 16.5. The molecule has 0 heterocycles. The molecule has 3 rings (SSSR count). The van der Waals surface area contributed by atoms with E-state index in [0.717, 1.165) is 30.0 Å². The first-order chi connectivity index (χ1) is 10.3. The van der Waals surface area contributed by atoms with Crippen LogP contribution in [-0.2, 0) is 4.79 Å². The van der Waals surface area contributed by atoms with Gasteiger partial charge in [0.05, 0.1) is 13.7 Å². The Labute approximate surface area is 124 Å². The molecule has 0 aromatic heterocycles. The van der Waals surface area contributed by atoms with E-state index in [1.165, 1.54) is 0 Å². The van der Waals surface area contributed by atoms with Crippen molar-refractivity contribution in [2.75, 3.05) is 19.0 Å². The zero-order valence-electron chi connectivity index (χ0n) is 12.0. The number of hydrogen-bond donors (Lipinski definition) is 2. The standard InChI is InChI=1S/C16H19N3O2/c1-21-13-7-5-12(6-8-13)17-10-16(20)19-18-15-9-11-3-2-4-14(11)15/h2-3,5-8,11,14,17H,4,9-10H2,1H3,(H,19,20)/b18-15-/t11-,14+/m1/s1. The Kier molecular flexibility index (Phi) is 3.90. The largest absolute Gasteiger partial charge is 0.497 e. The van der Waals surface area contributed by atoms with Crippen LogP contribution >= 0.6 is 0 Å². The molecular formula is C16H19N3O2. The van der Waals surface area contributed by atoms with Gasteiger partial charge < -0.3 is 10.1 Å². The van der Waals surface area contributed by atoms with Crippen LogP contribution in [0, 0.1) is 11.8 Å². The SMILES string of the molecule is COc1ccc(NCC(=O)N/N=C2/C[C@H]3C=CC[C@H]23)cc1. The van der Waals surface area contributed by atoms with Crippen molar-refractivity contribution >= 4 is 17.3 Å². The number of hydrazone groups is 1. The summed E-state index contributed by atoms with van der Waals surface area (Å²) in [5.74, 6) is 1.84. The summed E-state index contributed by atoms with van der Waals surface area (Å²) in [7, 11) is 1.62. The summed E-state index contributed by atoms with van der Waals surface area (Å²) in [5, 5.41) is 7.28. The molecule has 0 saturated heterocycles. The van der Waals surface area contributed by atoms with Crippen molar-refractivity contribution in [2.24, 2.45) is 16.9 Å². The maximum atomic E-state index is 11.8. The summed E-state index contributed by atoms with van der Waals surface area (Å²) in [6.07, 6.45) is 6.48. The van der Waals surface area contributed by atoms with E-state index in [9.17, 15) is 4.79 Å². The highest BCUT2D eigenvalue weighted by Gasteiger charge is 2.37. The number of fused-ring (bicyclic) bond motifs is 1. The van der Waals surface area contributed by atoms with E-state index in [4.69, 9.17) is 4.74 Å². The monoisotopic (exact) mass is 285 g/mol. The topological polar surface area (TPSA) is 62.7 Å². The second-order valence-electron chi connectivity index (χ2n) is 5.36. The smallest absolute Gasteiger partial charge is 0.259 e. The number of amides is 1. The second-order valence-corrected chi connectivity index (χ2v) is 5.36. The van der Waals surface area contributed by atoms with Crippen molar-refractivity contribution in [3.8, 4) is 5.75 Å². The van der Waals surface area contributed by atoms with Gasteiger partial charge in [0.15, 0.2) is 0 Å². The van der Waals surface area contributed by atoms with E-state index in [0.29, 0.717) is 11.8 Å². The predicted octanol–water partition coefficient (Wildman–Crippen LogP) is 2.18. The van der Waals surface area contributed by atoms with Gasteiger partial charge in [-0.25, -0.2) is 5.43 Å². The number of carbonyl (C=O) groups excluding carboxylic acids is 1. The van der Waals surface area contributed by atoms with Crippen LogP contribution in [0.2, 0.25) is 0 Å². The molecule has 0 aliphatic heterocycles. The molecule has 2 aliphatic rings. The third kappa shape index (κ3) is 3.07. The third-order valence-corrected chi connectivity index (χ3v) is 4.03. The Hall–Kier alpha value is -2.30. The summed E-state index contributed by atoms with van der Waals surface area (Å²) < 4.78 is 5.08. The van der Waals surface area contributed by atoms with Crippen LogP contribution in [0.15, 0.2) is 41.5 Å². The van der Waals surface area contributed by atoms with E-state index >= 15 is 0 Å². The Morgan fingerprint density at radius 2 is 2.19 bits per heavy atom. The van der Waals surface area contributed by atoms with Crippen molar-refractivity contribution in [1.29, 1.82) is 0 Å². The molecule has 2 aliphatic carbocycles. The molecule has 21 heavy (non-hydrogen) atoms. The van der Waals surface area contributed by atoms with Crippen molar-refractivity contribution in [1.82, 2.24) is 5.43 Å². The summed E-state index contributed by atoms with van der Waals surface area (Å²) in [5.41, 5.74) is 4.61. The third-order valence-electron chi connectivity index (χ3n) is 4.03. The minimum absolute atomic E-state index is 0.132. The molecule has 1 fully saturated rings. The highest BCUT2D eigenvalue weighted by Crippen LogP contribution is 2.39. The molecule has 1 aromatic rings. The fourth-order valence-electron chi connectivity index (χ4n) is 2.73. The maximum Gasteiger partial charge on any atom is 0.259 e. The first-order valence-electron chi connectivity index (χ1n) is 7.16. The van der Waals surface area contributed by atoms with Crippen LogP contribution in [0.3, 0.4) is 0 Å². The molecule has 1 amide bonds. The zero-order chi connectivity index (χ0) is 14.7. The van der Waals surface area contributed by atoms with Gasteiger partial charge in [0.1, 0.15) is 5.75 Å². The van der Waals surface area contributed by atoms with Crippen molar-refractivity contribution in [3.05, 3.63) is 36.4 Å². The first kappa shape index (κ1) is 13.7. The number of anilines is 1. The minimum Gasteiger partial charge on any atom is -0.497 e. The second kappa shape index (κ2) is 5.99. The number of rotatable bonds is 5. The van der Waals surface area contributed by atoms with Crippen LogP contribution < -0.4 is 15.5 Å². The van der Waals surface area contributed by atoms with Gasteiger partial charge in [-0.1, -0.05) is 12.2 Å². The van der Waals surface area contributed by atoms with Crippen LogP contribution in [0.1, 0.15) is 12.8 Å². The summed E-state index contributed by atoms with van der Waals surface area (Å²) in [4.78, 5) is 11.8. The number of ether oxygens (including phenoxy) is 1. The van der Waals surface area contributed by atoms with Gasteiger partial charge in [-0.15, -0.1) is 0 Å². The number of nitrogens with one attached hydrogen (secondary N) is 2. The molecule has 110 valence electrons. The number of benzene rings is 1. The van der Waals surface area contributed by atoms with Crippen molar-refractivity contribution in [2.45, 2.75) is 12.8 Å². The Morgan fingerprint density at radius 1 is 1.38 bits per heavy atom. The fraction of sp³-hybridized carbons (Fsp3) is 0.375. The summed E-state index contributed by atoms with van der Waals surface area (Å²) in [6, 6.07) is 7.45. The van der Waals surface area contributed by atoms with Gasteiger partial charge >= 0.3 is 0 Å². The predicted molar refractivity (Wildman–Crippen MR) is 82.4 cm³/mol.